The van der Waals surface area contributed by atoms with Gasteiger partial charge in [0.2, 0.25) is 0 Å². The van der Waals surface area contributed by atoms with E-state index in [0.29, 0.717) is 17.7 Å². The smallest absolute Gasteiger partial charge is 0.308 e. The summed E-state index contributed by atoms with van der Waals surface area (Å²) in [5, 5.41) is 0. The Labute approximate surface area is 195 Å². The minimum Gasteiger partial charge on any atom is -0.497 e. The van der Waals surface area contributed by atoms with E-state index >= 15 is 0 Å². The maximum atomic E-state index is 14.4. The molecule has 0 saturated heterocycles. The van der Waals surface area contributed by atoms with Gasteiger partial charge in [-0.05, 0) is 65.8 Å². The zero-order valence-electron chi connectivity index (χ0n) is 19.6. The van der Waals surface area contributed by atoms with E-state index in [1.54, 1.807) is 19.2 Å². The lowest BCUT2D eigenvalue weighted by molar-refractivity contribution is -0.144. The Morgan fingerprint density at radius 3 is 2.55 bits per heavy atom. The van der Waals surface area contributed by atoms with Gasteiger partial charge in [0.05, 0.1) is 26.2 Å². The van der Waals surface area contributed by atoms with Crippen molar-refractivity contribution in [3.63, 3.8) is 0 Å². The molecule has 0 N–H and O–H groups in total. The van der Waals surface area contributed by atoms with E-state index in [9.17, 15) is 9.18 Å². The van der Waals surface area contributed by atoms with Crippen LogP contribution >= 0.6 is 0 Å². The summed E-state index contributed by atoms with van der Waals surface area (Å²) in [5.74, 6) is 0.00574. The van der Waals surface area contributed by atoms with Crippen molar-refractivity contribution in [3.8, 4) is 16.9 Å². The monoisotopic (exact) mass is 447 g/mol. The molecular formula is C28H30FNO3. The van der Waals surface area contributed by atoms with Gasteiger partial charge in [0, 0.05) is 18.3 Å². The minimum absolute atomic E-state index is 0.178. The Balaban J connectivity index is 1.56. The van der Waals surface area contributed by atoms with Crippen LogP contribution < -0.4 is 9.64 Å². The number of carbonyl (C=O) groups is 1. The molecule has 0 aromatic heterocycles. The van der Waals surface area contributed by atoms with Crippen LogP contribution in [-0.2, 0) is 22.4 Å². The van der Waals surface area contributed by atoms with Gasteiger partial charge in [-0.25, -0.2) is 4.39 Å². The highest BCUT2D eigenvalue weighted by Gasteiger charge is 2.25. The first-order chi connectivity index (χ1) is 15.9. The predicted octanol–water partition coefficient (Wildman–Crippen LogP) is 5.98. The molecule has 0 aliphatic carbocycles. The number of esters is 1. The van der Waals surface area contributed by atoms with Crippen LogP contribution in [0.15, 0.2) is 60.7 Å². The van der Waals surface area contributed by atoms with E-state index < -0.39 is 0 Å². The molecule has 1 heterocycles. The quantitative estimate of drug-likeness (QED) is 0.436. The Hall–Kier alpha value is -3.34. The van der Waals surface area contributed by atoms with Crippen LogP contribution in [0.3, 0.4) is 0 Å². The van der Waals surface area contributed by atoms with Gasteiger partial charge >= 0.3 is 5.97 Å². The molecule has 172 valence electrons. The molecular weight excluding hydrogens is 417 g/mol. The van der Waals surface area contributed by atoms with Gasteiger partial charge in [0.25, 0.3) is 0 Å². The normalized spacial score (nSPS) is 16.2. The standard InChI is InChI=1S/C28H30FNO3/c1-18(28(31)33-4)15-19-5-6-22-11-14-26(30(2)27(22)16-19)21-9-7-20(8-10-21)24-17-23(32-3)12-13-25(24)29/h5-10,12-13,16-18,26H,11,14-15H2,1-4H3. The van der Waals surface area contributed by atoms with E-state index in [2.05, 4.69) is 42.3 Å². The van der Waals surface area contributed by atoms with E-state index in [1.807, 2.05) is 19.1 Å². The first-order valence-electron chi connectivity index (χ1n) is 11.3. The third-order valence-corrected chi connectivity index (χ3v) is 6.61. The maximum Gasteiger partial charge on any atom is 0.308 e. The van der Waals surface area contributed by atoms with Crippen LogP contribution in [0.1, 0.15) is 36.1 Å². The second-order valence-electron chi connectivity index (χ2n) is 8.72. The molecule has 0 bridgehead atoms. The van der Waals surface area contributed by atoms with Gasteiger partial charge in [-0.1, -0.05) is 43.3 Å². The molecule has 0 saturated carbocycles. The van der Waals surface area contributed by atoms with Gasteiger partial charge in [-0.3, -0.25) is 4.79 Å². The highest BCUT2D eigenvalue weighted by molar-refractivity contribution is 5.72. The fourth-order valence-electron chi connectivity index (χ4n) is 4.70. The summed E-state index contributed by atoms with van der Waals surface area (Å²) in [4.78, 5) is 14.1. The number of rotatable bonds is 6. The van der Waals surface area contributed by atoms with Gasteiger partial charge in [-0.2, -0.15) is 0 Å². The molecule has 0 amide bonds. The Morgan fingerprint density at radius 2 is 1.85 bits per heavy atom. The Kier molecular flexibility index (Phi) is 6.68. The summed E-state index contributed by atoms with van der Waals surface area (Å²) in [6, 6.07) is 19.6. The lowest BCUT2D eigenvalue weighted by Gasteiger charge is -2.37. The average molecular weight is 448 g/mol. The summed E-state index contributed by atoms with van der Waals surface area (Å²) >= 11 is 0. The molecule has 2 atom stereocenters. The molecule has 4 nitrogen and oxygen atoms in total. The van der Waals surface area contributed by atoms with Crippen molar-refractivity contribution in [2.24, 2.45) is 5.92 Å². The number of carbonyl (C=O) groups excluding carboxylic acids is 1. The Morgan fingerprint density at radius 1 is 1.09 bits per heavy atom. The van der Waals surface area contributed by atoms with E-state index in [4.69, 9.17) is 9.47 Å². The van der Waals surface area contributed by atoms with E-state index in [0.717, 1.165) is 24.0 Å². The molecule has 2 unspecified atom stereocenters. The third-order valence-electron chi connectivity index (χ3n) is 6.61. The molecule has 1 aliphatic rings. The summed E-state index contributed by atoms with van der Waals surface area (Å²) in [6.07, 6.45) is 2.65. The number of halogens is 1. The highest BCUT2D eigenvalue weighted by atomic mass is 19.1. The molecule has 0 fully saturated rings. The molecule has 3 aromatic rings. The van der Waals surface area contributed by atoms with Crippen molar-refractivity contribution in [2.75, 3.05) is 26.2 Å². The van der Waals surface area contributed by atoms with Gasteiger partial charge in [-0.15, -0.1) is 0 Å². The molecule has 4 rings (SSSR count). The molecule has 3 aromatic carbocycles. The lowest BCUT2D eigenvalue weighted by atomic mass is 9.89. The number of methoxy groups -OCH3 is 2. The number of hydrogen-bond donors (Lipinski definition) is 0. The third kappa shape index (κ3) is 4.72. The molecule has 33 heavy (non-hydrogen) atoms. The van der Waals surface area contributed by atoms with Crippen LogP contribution in [0.5, 0.6) is 5.75 Å². The summed E-state index contributed by atoms with van der Waals surface area (Å²) < 4.78 is 24.5. The largest absolute Gasteiger partial charge is 0.497 e. The molecule has 0 spiro atoms. The topological polar surface area (TPSA) is 38.8 Å². The van der Waals surface area contributed by atoms with Crippen molar-refractivity contribution in [1.29, 1.82) is 0 Å². The van der Waals surface area contributed by atoms with Gasteiger partial charge < -0.3 is 14.4 Å². The van der Waals surface area contributed by atoms with Crippen molar-refractivity contribution < 1.29 is 18.7 Å². The SMILES string of the molecule is COC(=O)C(C)Cc1ccc2c(c1)N(C)C(c1ccc(-c3cc(OC)ccc3F)cc1)CC2. The molecule has 1 aliphatic heterocycles. The van der Waals surface area contributed by atoms with Crippen molar-refractivity contribution in [1.82, 2.24) is 0 Å². The van der Waals surface area contributed by atoms with Gasteiger partial charge in [0.1, 0.15) is 11.6 Å². The second-order valence-corrected chi connectivity index (χ2v) is 8.72. The van der Waals surface area contributed by atoms with Crippen LogP contribution in [-0.4, -0.2) is 27.2 Å². The number of fused-ring (bicyclic) bond motifs is 1. The van der Waals surface area contributed by atoms with Crippen molar-refractivity contribution >= 4 is 11.7 Å². The first-order valence-corrected chi connectivity index (χ1v) is 11.3. The second kappa shape index (κ2) is 9.65. The molecule has 0 radical (unpaired) electrons. The predicted molar refractivity (Wildman–Crippen MR) is 129 cm³/mol. The van der Waals surface area contributed by atoms with E-state index in [-0.39, 0.29) is 23.7 Å². The van der Waals surface area contributed by atoms with Crippen LogP contribution in [0.2, 0.25) is 0 Å². The number of anilines is 1. The van der Waals surface area contributed by atoms with E-state index in [1.165, 1.54) is 30.0 Å². The average Bonchev–Trinajstić information content (AvgIpc) is 2.84. The summed E-state index contributed by atoms with van der Waals surface area (Å²) in [7, 11) is 5.13. The number of hydrogen-bond acceptors (Lipinski definition) is 4. The number of ether oxygens (including phenoxy) is 2. The summed E-state index contributed by atoms with van der Waals surface area (Å²) in [6.45, 7) is 1.89. The minimum atomic E-state index is -0.263. The highest BCUT2D eigenvalue weighted by Crippen LogP contribution is 2.39. The van der Waals surface area contributed by atoms with Crippen LogP contribution in [0.4, 0.5) is 10.1 Å². The number of aryl methyl sites for hydroxylation is 1. The fourth-order valence-corrected chi connectivity index (χ4v) is 4.70. The van der Waals surface area contributed by atoms with Crippen LogP contribution in [0, 0.1) is 11.7 Å². The maximum absolute atomic E-state index is 14.4. The van der Waals surface area contributed by atoms with Crippen LogP contribution in [0.25, 0.3) is 11.1 Å². The number of nitrogens with zero attached hydrogens (tertiary/aromatic N) is 1. The zero-order chi connectivity index (χ0) is 23.5. The van der Waals surface area contributed by atoms with Gasteiger partial charge in [0.15, 0.2) is 0 Å². The fraction of sp³-hybridized carbons (Fsp3) is 0.321. The molecule has 5 heteroatoms. The first kappa shape index (κ1) is 22.8. The lowest BCUT2D eigenvalue weighted by Crippen LogP contribution is -2.29. The summed E-state index contributed by atoms with van der Waals surface area (Å²) in [5.41, 5.74) is 6.20. The zero-order valence-corrected chi connectivity index (χ0v) is 19.6. The Bertz CT molecular complexity index is 1140. The number of benzene rings is 3. The van der Waals surface area contributed by atoms with Crippen molar-refractivity contribution in [2.45, 2.75) is 32.2 Å². The van der Waals surface area contributed by atoms with Crippen molar-refractivity contribution in [3.05, 3.63) is 83.2 Å².